The zero-order valence-electron chi connectivity index (χ0n) is 10.6. The van der Waals surface area contributed by atoms with Crippen LogP contribution in [0.1, 0.15) is 32.4 Å². The van der Waals surface area contributed by atoms with Crippen molar-refractivity contribution in [1.29, 1.82) is 0 Å². The highest BCUT2D eigenvalue weighted by Gasteiger charge is 2.43. The van der Waals surface area contributed by atoms with Gasteiger partial charge in [-0.1, -0.05) is 6.92 Å². The topological polar surface area (TPSA) is 47.3 Å². The molecule has 0 amide bonds. The predicted molar refractivity (Wildman–Crippen MR) is 69.5 cm³/mol. The molecule has 96 valence electrons. The van der Waals surface area contributed by atoms with Crippen molar-refractivity contribution in [1.82, 2.24) is 9.78 Å². The Labute approximate surface area is 106 Å². The van der Waals surface area contributed by atoms with Crippen LogP contribution in [0.2, 0.25) is 0 Å². The van der Waals surface area contributed by atoms with Gasteiger partial charge in [-0.3, -0.25) is 4.68 Å². The van der Waals surface area contributed by atoms with E-state index in [0.29, 0.717) is 5.75 Å². The molecular weight excluding hydrogens is 236 g/mol. The number of aryl methyl sites for hydroxylation is 1. The Kier molecular flexibility index (Phi) is 3.68. The average molecular weight is 256 g/mol. The first-order valence-corrected chi connectivity index (χ1v) is 7.12. The Morgan fingerprint density at radius 3 is 3.06 bits per heavy atom. The average Bonchev–Trinajstić information content (AvgIpc) is 2.76. The molecule has 0 aliphatic carbocycles. The van der Waals surface area contributed by atoms with Crippen molar-refractivity contribution in [2.45, 2.75) is 44.1 Å². The molecule has 1 aliphatic rings. The lowest BCUT2D eigenvalue weighted by Gasteiger charge is -2.38. The van der Waals surface area contributed by atoms with Crippen molar-refractivity contribution in [2.24, 2.45) is 0 Å². The molecule has 4 nitrogen and oxygen atoms in total. The van der Waals surface area contributed by atoms with Crippen molar-refractivity contribution >= 4 is 11.8 Å². The minimum absolute atomic E-state index is 0.173. The molecule has 17 heavy (non-hydrogen) atoms. The second-order valence-corrected chi connectivity index (χ2v) is 5.87. The summed E-state index contributed by atoms with van der Waals surface area (Å²) in [6, 6.07) is 0. The maximum Gasteiger partial charge on any atom is 0.162 e. The van der Waals surface area contributed by atoms with Crippen LogP contribution in [-0.2, 0) is 12.1 Å². The Bertz CT molecular complexity index is 372. The monoisotopic (exact) mass is 256 g/mol. The lowest BCUT2D eigenvalue weighted by Crippen LogP contribution is -2.41. The summed E-state index contributed by atoms with van der Waals surface area (Å²) in [5.74, 6) is 1.81. The first kappa shape index (κ1) is 12.8. The van der Waals surface area contributed by atoms with E-state index in [-0.39, 0.29) is 5.25 Å². The van der Waals surface area contributed by atoms with Gasteiger partial charge in [0.05, 0.1) is 13.3 Å². The molecule has 1 aliphatic heterocycles. The van der Waals surface area contributed by atoms with Gasteiger partial charge in [0.25, 0.3) is 0 Å². The molecule has 5 heteroatoms. The molecule has 1 N–H and O–H groups in total. The van der Waals surface area contributed by atoms with Gasteiger partial charge in [0.2, 0.25) is 0 Å². The van der Waals surface area contributed by atoms with Gasteiger partial charge in [0, 0.05) is 11.8 Å². The fourth-order valence-electron chi connectivity index (χ4n) is 2.45. The summed E-state index contributed by atoms with van der Waals surface area (Å²) in [5, 5.41) is 15.4. The summed E-state index contributed by atoms with van der Waals surface area (Å²) >= 11 is 1.81. The Morgan fingerprint density at radius 2 is 2.47 bits per heavy atom. The molecule has 2 unspecified atom stereocenters. The van der Waals surface area contributed by atoms with E-state index in [0.717, 1.165) is 30.8 Å². The van der Waals surface area contributed by atoms with Crippen LogP contribution < -0.4 is 4.74 Å². The smallest absolute Gasteiger partial charge is 0.162 e. The molecule has 1 aromatic rings. The van der Waals surface area contributed by atoms with E-state index in [1.807, 2.05) is 23.4 Å². The summed E-state index contributed by atoms with van der Waals surface area (Å²) in [6.45, 7) is 4.86. The van der Waals surface area contributed by atoms with Crippen LogP contribution in [0.4, 0.5) is 0 Å². The zero-order chi connectivity index (χ0) is 12.5. The number of hydrogen-bond acceptors (Lipinski definition) is 4. The Hall–Kier alpha value is -0.680. The largest absolute Gasteiger partial charge is 0.493 e. The minimum Gasteiger partial charge on any atom is -0.493 e. The first-order valence-electron chi connectivity index (χ1n) is 6.07. The quantitative estimate of drug-likeness (QED) is 0.898. The number of thioether (sulfide) groups is 1. The summed E-state index contributed by atoms with van der Waals surface area (Å²) < 4.78 is 7.19. The van der Waals surface area contributed by atoms with E-state index in [9.17, 15) is 5.11 Å². The molecule has 0 aromatic carbocycles. The van der Waals surface area contributed by atoms with Gasteiger partial charge in [-0.15, -0.1) is 0 Å². The molecule has 1 aromatic heterocycles. The van der Waals surface area contributed by atoms with Gasteiger partial charge in [-0.25, -0.2) is 0 Å². The van der Waals surface area contributed by atoms with Crippen LogP contribution in [0.5, 0.6) is 5.75 Å². The fourth-order valence-corrected chi connectivity index (χ4v) is 3.62. The van der Waals surface area contributed by atoms with Gasteiger partial charge >= 0.3 is 0 Å². The molecule has 1 saturated heterocycles. The highest BCUT2D eigenvalue weighted by atomic mass is 32.2. The number of aliphatic hydroxyl groups is 1. The molecular formula is C12H20N2O2S. The van der Waals surface area contributed by atoms with E-state index in [1.165, 1.54) is 0 Å². The van der Waals surface area contributed by atoms with Gasteiger partial charge in [-0.2, -0.15) is 16.9 Å². The van der Waals surface area contributed by atoms with Crippen LogP contribution >= 0.6 is 11.8 Å². The summed E-state index contributed by atoms with van der Waals surface area (Å²) in [5.41, 5.74) is 0.0167. The van der Waals surface area contributed by atoms with E-state index in [2.05, 4.69) is 12.0 Å². The normalized spacial score (nSPS) is 29.3. The third kappa shape index (κ3) is 2.06. The van der Waals surface area contributed by atoms with Crippen molar-refractivity contribution < 1.29 is 9.84 Å². The number of rotatable bonds is 3. The molecule has 2 atom stereocenters. The van der Waals surface area contributed by atoms with Crippen molar-refractivity contribution in [3.8, 4) is 5.75 Å². The number of aromatic nitrogens is 2. The van der Waals surface area contributed by atoms with Gasteiger partial charge in [0.1, 0.15) is 11.3 Å². The number of hydrogen-bond donors (Lipinski definition) is 1. The van der Waals surface area contributed by atoms with Crippen LogP contribution in [0.25, 0.3) is 0 Å². The number of ether oxygens (including phenoxy) is 1. The maximum atomic E-state index is 11.0. The summed E-state index contributed by atoms with van der Waals surface area (Å²) in [4.78, 5) is 0. The van der Waals surface area contributed by atoms with Gasteiger partial charge in [-0.05, 0) is 25.5 Å². The van der Waals surface area contributed by atoms with Gasteiger partial charge < -0.3 is 9.84 Å². The SMILES string of the molecule is CCn1ncc(OC)c1C1(O)CCCSC1C. The second-order valence-electron chi connectivity index (χ2n) is 4.42. The first-order chi connectivity index (χ1) is 8.13. The molecule has 0 bridgehead atoms. The summed E-state index contributed by atoms with van der Waals surface area (Å²) in [7, 11) is 1.63. The second kappa shape index (κ2) is 4.90. The third-order valence-corrected chi connectivity index (χ3v) is 4.89. The van der Waals surface area contributed by atoms with E-state index >= 15 is 0 Å². The van der Waals surface area contributed by atoms with E-state index in [1.54, 1.807) is 13.3 Å². The highest BCUT2D eigenvalue weighted by Crippen LogP contribution is 2.44. The molecule has 1 fully saturated rings. The molecule has 0 radical (unpaired) electrons. The van der Waals surface area contributed by atoms with Crippen LogP contribution in [-0.4, -0.2) is 33.0 Å². The molecule has 0 spiro atoms. The zero-order valence-corrected chi connectivity index (χ0v) is 11.5. The molecule has 0 saturated carbocycles. The molecule has 2 heterocycles. The highest BCUT2D eigenvalue weighted by molar-refractivity contribution is 8.00. The Balaban J connectivity index is 2.46. The van der Waals surface area contributed by atoms with E-state index in [4.69, 9.17) is 4.74 Å². The Morgan fingerprint density at radius 1 is 1.71 bits per heavy atom. The van der Waals surface area contributed by atoms with Crippen LogP contribution in [0.3, 0.4) is 0 Å². The maximum absolute atomic E-state index is 11.0. The number of methoxy groups -OCH3 is 1. The summed E-state index contributed by atoms with van der Waals surface area (Å²) in [6.07, 6.45) is 3.51. The van der Waals surface area contributed by atoms with Crippen molar-refractivity contribution in [2.75, 3.05) is 12.9 Å². The third-order valence-electron chi connectivity index (χ3n) is 3.48. The van der Waals surface area contributed by atoms with Gasteiger partial charge in [0.15, 0.2) is 5.75 Å². The van der Waals surface area contributed by atoms with E-state index < -0.39 is 5.60 Å². The van der Waals surface area contributed by atoms with Crippen molar-refractivity contribution in [3.05, 3.63) is 11.9 Å². The predicted octanol–water partition coefficient (Wildman–Crippen LogP) is 2.01. The minimum atomic E-state index is -0.819. The lowest BCUT2D eigenvalue weighted by molar-refractivity contribution is 0.0144. The van der Waals surface area contributed by atoms with Crippen molar-refractivity contribution in [3.63, 3.8) is 0 Å². The number of nitrogens with zero attached hydrogens (tertiary/aromatic N) is 2. The lowest BCUT2D eigenvalue weighted by atomic mass is 9.89. The molecule has 2 rings (SSSR count). The van der Waals surface area contributed by atoms with Crippen LogP contribution in [0.15, 0.2) is 6.20 Å². The fraction of sp³-hybridized carbons (Fsp3) is 0.750. The standard InChI is InChI=1S/C12H20N2O2S/c1-4-14-11(10(16-3)8-13-14)12(15)6-5-7-17-9(12)2/h8-9,15H,4-7H2,1-3H3. The van der Waals surface area contributed by atoms with Crippen LogP contribution in [0, 0.1) is 0 Å².